The van der Waals surface area contributed by atoms with Crippen LogP contribution in [0.25, 0.3) is 0 Å². The van der Waals surface area contributed by atoms with E-state index in [-0.39, 0.29) is 12.8 Å². The largest absolute Gasteiger partial charge is 0.472 e. The highest BCUT2D eigenvalue weighted by atomic mass is 16.5. The molecule has 0 aliphatic heterocycles. The summed E-state index contributed by atoms with van der Waals surface area (Å²) in [5.41, 5.74) is 6.07. The maximum atomic E-state index is 10.1. The Bertz CT molecular complexity index is 255. The van der Waals surface area contributed by atoms with Crippen molar-refractivity contribution in [2.45, 2.75) is 12.8 Å². The zero-order valence-corrected chi connectivity index (χ0v) is 7.19. The lowest BCUT2D eigenvalue weighted by molar-refractivity contribution is -0.131. The molecule has 0 saturated carbocycles. The molecule has 5 N–H and O–H groups in total. The van der Waals surface area contributed by atoms with Crippen molar-refractivity contribution in [3.8, 4) is 12.3 Å². The van der Waals surface area contributed by atoms with Crippen LogP contribution in [0.5, 0.6) is 0 Å². The maximum absolute atomic E-state index is 10.1. The van der Waals surface area contributed by atoms with Gasteiger partial charge in [-0.2, -0.15) is 0 Å². The average Bonchev–Trinajstić information content (AvgIpc) is 2.14. The van der Waals surface area contributed by atoms with E-state index in [0.29, 0.717) is 0 Å². The number of carbonyl (C=O) groups is 3. The van der Waals surface area contributed by atoms with Gasteiger partial charge in [0.15, 0.2) is 0 Å². The molecule has 0 saturated heterocycles. The highest BCUT2D eigenvalue weighted by Gasteiger charge is 2.00. The van der Waals surface area contributed by atoms with Crippen LogP contribution in [0.1, 0.15) is 12.8 Å². The van der Waals surface area contributed by atoms with Gasteiger partial charge in [0.1, 0.15) is 0 Å². The summed E-state index contributed by atoms with van der Waals surface area (Å²) in [6.07, 6.45) is 4.22. The standard InChI is InChI=1S/C4H8N2O3.C3H2O2/c5-3(7)1-2-4(8)6-9;1-2-3(4)5/h9H,1-2H2,(H2,5,7)(H,6,8);1H,(H,4,5). The summed E-state index contributed by atoms with van der Waals surface area (Å²) in [6, 6.07) is 0. The lowest BCUT2D eigenvalue weighted by atomic mass is 10.3. The number of carboxylic acid groups (broad SMARTS) is 1. The fraction of sp³-hybridized carbons (Fsp3) is 0.286. The number of terminal acetylenes is 1. The number of hydroxylamine groups is 1. The first-order valence-corrected chi connectivity index (χ1v) is 3.34. The lowest BCUT2D eigenvalue weighted by Crippen LogP contribution is -2.21. The van der Waals surface area contributed by atoms with Crippen molar-refractivity contribution in [3.05, 3.63) is 0 Å². The summed E-state index contributed by atoms with van der Waals surface area (Å²) in [5, 5.41) is 15.4. The van der Waals surface area contributed by atoms with E-state index in [0.717, 1.165) is 0 Å². The minimum absolute atomic E-state index is 0.0353. The number of hydrogen-bond acceptors (Lipinski definition) is 4. The van der Waals surface area contributed by atoms with Gasteiger partial charge in [-0.15, -0.1) is 6.42 Å². The van der Waals surface area contributed by atoms with Gasteiger partial charge in [-0.25, -0.2) is 10.3 Å². The molecule has 0 atom stereocenters. The summed E-state index contributed by atoms with van der Waals surface area (Å²) < 4.78 is 0. The van der Waals surface area contributed by atoms with Crippen molar-refractivity contribution < 1.29 is 24.7 Å². The summed E-state index contributed by atoms with van der Waals surface area (Å²) in [7, 11) is 0. The first-order valence-electron chi connectivity index (χ1n) is 3.34. The van der Waals surface area contributed by atoms with Crippen LogP contribution in [0.2, 0.25) is 0 Å². The van der Waals surface area contributed by atoms with Gasteiger partial charge in [-0.3, -0.25) is 14.8 Å². The van der Waals surface area contributed by atoms with Crippen molar-refractivity contribution in [1.29, 1.82) is 0 Å². The minimum atomic E-state index is -1.22. The van der Waals surface area contributed by atoms with Gasteiger partial charge in [0.05, 0.1) is 0 Å². The first-order chi connectivity index (χ1) is 6.43. The molecule has 0 aliphatic carbocycles. The second kappa shape index (κ2) is 9.02. The third-order valence-electron chi connectivity index (χ3n) is 0.847. The molecule has 0 heterocycles. The molecule has 0 aromatic heterocycles. The van der Waals surface area contributed by atoms with Gasteiger partial charge in [-0.1, -0.05) is 0 Å². The Morgan fingerprint density at radius 3 is 2.00 bits per heavy atom. The molecule has 7 nitrogen and oxygen atoms in total. The van der Waals surface area contributed by atoms with Crippen molar-refractivity contribution in [3.63, 3.8) is 0 Å². The van der Waals surface area contributed by atoms with E-state index >= 15 is 0 Å². The average molecular weight is 202 g/mol. The molecule has 0 fully saturated rings. The molecular formula is C7H10N2O5. The van der Waals surface area contributed by atoms with Crippen LogP contribution in [-0.4, -0.2) is 28.1 Å². The van der Waals surface area contributed by atoms with Crippen LogP contribution in [0.4, 0.5) is 0 Å². The van der Waals surface area contributed by atoms with E-state index in [1.807, 2.05) is 0 Å². The van der Waals surface area contributed by atoms with E-state index in [9.17, 15) is 9.59 Å². The highest BCUT2D eigenvalue weighted by Crippen LogP contribution is 1.84. The highest BCUT2D eigenvalue weighted by molar-refractivity contribution is 5.85. The predicted molar refractivity (Wildman–Crippen MR) is 44.8 cm³/mol. The second-order valence-corrected chi connectivity index (χ2v) is 1.95. The Morgan fingerprint density at radius 1 is 1.36 bits per heavy atom. The van der Waals surface area contributed by atoms with Crippen molar-refractivity contribution in [2.24, 2.45) is 5.73 Å². The van der Waals surface area contributed by atoms with Gasteiger partial charge in [-0.05, 0) is 0 Å². The monoisotopic (exact) mass is 202 g/mol. The molecule has 0 rings (SSSR count). The van der Waals surface area contributed by atoms with E-state index in [4.69, 9.17) is 20.8 Å². The molecule has 0 radical (unpaired) electrons. The normalized spacial score (nSPS) is 7.43. The fourth-order valence-corrected chi connectivity index (χ4v) is 0.293. The van der Waals surface area contributed by atoms with Crippen LogP contribution in [-0.2, 0) is 14.4 Å². The van der Waals surface area contributed by atoms with E-state index in [2.05, 4.69) is 6.42 Å². The SMILES string of the molecule is C#CC(=O)O.NC(=O)CCC(=O)NO. The molecule has 2 amide bonds. The van der Waals surface area contributed by atoms with Crippen molar-refractivity contribution >= 4 is 17.8 Å². The van der Waals surface area contributed by atoms with Crippen LogP contribution in [0, 0.1) is 12.3 Å². The van der Waals surface area contributed by atoms with Crippen molar-refractivity contribution in [2.75, 3.05) is 0 Å². The van der Waals surface area contributed by atoms with E-state index in [1.165, 1.54) is 11.4 Å². The van der Waals surface area contributed by atoms with Gasteiger partial charge in [0.25, 0.3) is 0 Å². The summed E-state index contributed by atoms with van der Waals surface area (Å²) in [5.74, 6) is -0.933. The number of amides is 2. The van der Waals surface area contributed by atoms with Crippen LogP contribution >= 0.6 is 0 Å². The molecule has 0 bridgehead atoms. The predicted octanol–water partition coefficient (Wildman–Crippen LogP) is -1.54. The maximum Gasteiger partial charge on any atom is 0.381 e. The number of nitrogens with one attached hydrogen (secondary N) is 1. The Balaban J connectivity index is 0. The molecule has 0 spiro atoms. The Morgan fingerprint density at radius 2 is 1.79 bits per heavy atom. The Hall–Kier alpha value is -2.07. The van der Waals surface area contributed by atoms with E-state index < -0.39 is 17.8 Å². The minimum Gasteiger partial charge on any atom is -0.472 e. The third-order valence-corrected chi connectivity index (χ3v) is 0.847. The molecule has 0 aliphatic rings. The second-order valence-electron chi connectivity index (χ2n) is 1.95. The van der Waals surface area contributed by atoms with Crippen LogP contribution < -0.4 is 11.2 Å². The summed E-state index contributed by atoms with van der Waals surface area (Å²) in [4.78, 5) is 29.3. The molecule has 14 heavy (non-hydrogen) atoms. The van der Waals surface area contributed by atoms with Crippen molar-refractivity contribution in [1.82, 2.24) is 5.48 Å². The number of hydrogen-bond donors (Lipinski definition) is 4. The first kappa shape index (κ1) is 14.5. The Kier molecular flexibility index (Phi) is 9.31. The van der Waals surface area contributed by atoms with Gasteiger partial charge >= 0.3 is 5.97 Å². The molecule has 7 heteroatoms. The molecule has 0 aromatic carbocycles. The van der Waals surface area contributed by atoms with Gasteiger partial charge in [0, 0.05) is 18.8 Å². The van der Waals surface area contributed by atoms with Gasteiger partial charge < -0.3 is 10.8 Å². The molecule has 0 unspecified atom stereocenters. The Labute approximate surface area is 79.9 Å². The zero-order chi connectivity index (χ0) is 11.6. The molecular weight excluding hydrogens is 192 g/mol. The lowest BCUT2D eigenvalue weighted by Gasteiger charge is -1.92. The van der Waals surface area contributed by atoms with Crippen LogP contribution in [0.3, 0.4) is 0 Å². The molecule has 78 valence electrons. The number of primary amides is 1. The smallest absolute Gasteiger partial charge is 0.381 e. The number of carbonyl (C=O) groups excluding carboxylic acids is 2. The number of nitrogens with two attached hydrogens (primary N) is 1. The van der Waals surface area contributed by atoms with E-state index in [1.54, 1.807) is 0 Å². The quantitative estimate of drug-likeness (QED) is 0.250. The fourth-order valence-electron chi connectivity index (χ4n) is 0.293. The summed E-state index contributed by atoms with van der Waals surface area (Å²) in [6.45, 7) is 0. The third kappa shape index (κ3) is 16.5. The van der Waals surface area contributed by atoms with Crippen LogP contribution in [0.15, 0.2) is 0 Å². The number of aliphatic carboxylic acids is 1. The number of carboxylic acids is 1. The summed E-state index contributed by atoms with van der Waals surface area (Å²) >= 11 is 0. The van der Waals surface area contributed by atoms with Gasteiger partial charge in [0.2, 0.25) is 11.8 Å². The zero-order valence-electron chi connectivity index (χ0n) is 7.19. The topological polar surface area (TPSA) is 130 Å². The number of rotatable bonds is 3. The molecule has 0 aromatic rings.